The predicted molar refractivity (Wildman–Crippen MR) is 119 cm³/mol. The normalized spacial score (nSPS) is 10.8. The molecule has 4 aromatic rings. The Labute approximate surface area is 182 Å². The van der Waals surface area contributed by atoms with Crippen molar-refractivity contribution in [1.29, 1.82) is 0 Å². The van der Waals surface area contributed by atoms with Crippen molar-refractivity contribution in [3.63, 3.8) is 0 Å². The Bertz CT molecular complexity index is 1410. The van der Waals surface area contributed by atoms with E-state index in [4.69, 9.17) is 4.74 Å². The number of hydrogen-bond acceptors (Lipinski definition) is 6. The molecule has 0 fully saturated rings. The number of amides is 1. The van der Waals surface area contributed by atoms with Gasteiger partial charge in [0.1, 0.15) is 11.4 Å². The number of aryl methyl sites for hydroxylation is 1. The number of fused-ring (bicyclic) bond motifs is 1. The number of hydrogen-bond donors (Lipinski definition) is 1. The molecular formula is C23H21N5O4. The summed E-state index contributed by atoms with van der Waals surface area (Å²) in [6.07, 6.45) is 4.65. The van der Waals surface area contributed by atoms with Crippen molar-refractivity contribution in [3.8, 4) is 5.75 Å². The molecule has 32 heavy (non-hydrogen) atoms. The summed E-state index contributed by atoms with van der Waals surface area (Å²) >= 11 is 0. The fraction of sp³-hybridized carbons (Fsp3) is 0.174. The molecule has 0 aliphatic rings. The molecule has 0 aliphatic heterocycles. The Kier molecular flexibility index (Phi) is 5.80. The second-order valence-corrected chi connectivity index (χ2v) is 7.21. The number of nitrogens with one attached hydrogen (secondary N) is 1. The zero-order valence-electron chi connectivity index (χ0n) is 17.6. The molecule has 1 amide bonds. The van der Waals surface area contributed by atoms with Crippen LogP contribution in [0.15, 0.2) is 70.6 Å². The summed E-state index contributed by atoms with van der Waals surface area (Å²) in [5.41, 5.74) is 1.12. The molecule has 3 aromatic heterocycles. The average Bonchev–Trinajstić information content (AvgIpc) is 2.84. The third-order valence-electron chi connectivity index (χ3n) is 5.15. The van der Waals surface area contributed by atoms with Crippen LogP contribution in [-0.2, 0) is 20.1 Å². The van der Waals surface area contributed by atoms with Crippen LogP contribution in [0.4, 0.5) is 0 Å². The van der Waals surface area contributed by atoms with Crippen molar-refractivity contribution in [1.82, 2.24) is 24.4 Å². The van der Waals surface area contributed by atoms with Crippen LogP contribution in [0.5, 0.6) is 5.75 Å². The van der Waals surface area contributed by atoms with Gasteiger partial charge < -0.3 is 10.1 Å². The minimum atomic E-state index is -0.489. The summed E-state index contributed by atoms with van der Waals surface area (Å²) < 4.78 is 7.70. The van der Waals surface area contributed by atoms with Crippen molar-refractivity contribution in [2.45, 2.75) is 13.1 Å². The maximum atomic E-state index is 13.2. The Morgan fingerprint density at radius 2 is 1.88 bits per heavy atom. The number of methoxy groups -OCH3 is 1. The van der Waals surface area contributed by atoms with Crippen LogP contribution < -0.4 is 21.3 Å². The maximum Gasteiger partial charge on any atom is 0.331 e. The van der Waals surface area contributed by atoms with Gasteiger partial charge >= 0.3 is 5.69 Å². The van der Waals surface area contributed by atoms with E-state index in [1.54, 1.807) is 56.9 Å². The first kappa shape index (κ1) is 21.0. The minimum absolute atomic E-state index is 0.0740. The largest absolute Gasteiger partial charge is 0.497 e. The lowest BCUT2D eigenvalue weighted by atomic mass is 10.2. The van der Waals surface area contributed by atoms with E-state index in [0.29, 0.717) is 17.8 Å². The second kappa shape index (κ2) is 8.84. The van der Waals surface area contributed by atoms with Crippen LogP contribution in [0.25, 0.3) is 10.9 Å². The van der Waals surface area contributed by atoms with Gasteiger partial charge in [-0.05, 0) is 41.5 Å². The summed E-state index contributed by atoms with van der Waals surface area (Å²) in [6.45, 7) is 0.374. The smallest absolute Gasteiger partial charge is 0.331 e. The molecule has 0 spiro atoms. The number of carbonyl (C=O) groups is 1. The van der Waals surface area contributed by atoms with E-state index >= 15 is 0 Å². The molecule has 9 heteroatoms. The quantitative estimate of drug-likeness (QED) is 0.495. The highest BCUT2D eigenvalue weighted by atomic mass is 16.5. The molecule has 0 atom stereocenters. The zero-order chi connectivity index (χ0) is 22.7. The highest BCUT2D eigenvalue weighted by Crippen LogP contribution is 2.14. The molecule has 4 rings (SSSR count). The van der Waals surface area contributed by atoms with Crippen LogP contribution in [-0.4, -0.2) is 32.1 Å². The van der Waals surface area contributed by atoms with Crippen molar-refractivity contribution >= 4 is 16.8 Å². The summed E-state index contributed by atoms with van der Waals surface area (Å²) in [5.74, 6) is 0.210. The lowest BCUT2D eigenvalue weighted by molar-refractivity contribution is 0.0946. The molecule has 0 saturated carbocycles. The topological polar surface area (TPSA) is 108 Å². The Morgan fingerprint density at radius 3 is 2.62 bits per heavy atom. The molecule has 1 aromatic carbocycles. The van der Waals surface area contributed by atoms with Crippen LogP contribution in [0.1, 0.15) is 21.6 Å². The van der Waals surface area contributed by atoms with Gasteiger partial charge in [-0.1, -0.05) is 12.1 Å². The van der Waals surface area contributed by atoms with E-state index < -0.39 is 17.2 Å². The molecular weight excluding hydrogens is 410 g/mol. The van der Waals surface area contributed by atoms with Gasteiger partial charge in [0.05, 0.1) is 30.8 Å². The fourth-order valence-electron chi connectivity index (χ4n) is 3.39. The van der Waals surface area contributed by atoms with E-state index in [1.165, 1.54) is 16.8 Å². The van der Waals surface area contributed by atoms with E-state index in [1.807, 2.05) is 6.07 Å². The first-order valence-electron chi connectivity index (χ1n) is 9.87. The number of ether oxygens (including phenoxy) is 1. The highest BCUT2D eigenvalue weighted by molar-refractivity contribution is 5.95. The highest BCUT2D eigenvalue weighted by Gasteiger charge is 2.15. The van der Waals surface area contributed by atoms with Crippen molar-refractivity contribution in [3.05, 3.63) is 98.7 Å². The van der Waals surface area contributed by atoms with Crippen LogP contribution >= 0.6 is 0 Å². The lowest BCUT2D eigenvalue weighted by Gasteiger charge is -2.12. The van der Waals surface area contributed by atoms with Crippen LogP contribution in [0.2, 0.25) is 0 Å². The molecule has 3 heterocycles. The summed E-state index contributed by atoms with van der Waals surface area (Å²) in [6, 6.07) is 12.2. The van der Waals surface area contributed by atoms with Crippen molar-refractivity contribution in [2.75, 3.05) is 7.11 Å². The van der Waals surface area contributed by atoms with Gasteiger partial charge in [-0.25, -0.2) is 9.78 Å². The van der Waals surface area contributed by atoms with Gasteiger partial charge in [0.15, 0.2) is 0 Å². The lowest BCUT2D eigenvalue weighted by Crippen LogP contribution is -2.39. The number of pyridine rings is 2. The zero-order valence-corrected chi connectivity index (χ0v) is 17.6. The molecule has 162 valence electrons. The monoisotopic (exact) mass is 431 g/mol. The predicted octanol–water partition coefficient (Wildman–Crippen LogP) is 1.48. The number of rotatable bonds is 6. The average molecular weight is 431 g/mol. The molecule has 0 unspecified atom stereocenters. The van der Waals surface area contributed by atoms with Gasteiger partial charge in [0, 0.05) is 26.0 Å². The number of carbonyl (C=O) groups excluding carboxylic acids is 1. The summed E-state index contributed by atoms with van der Waals surface area (Å²) in [5, 5.41) is 3.01. The van der Waals surface area contributed by atoms with E-state index in [2.05, 4.69) is 15.3 Å². The molecule has 0 radical (unpaired) electrons. The number of nitrogens with zero attached hydrogens (tertiary/aromatic N) is 4. The van der Waals surface area contributed by atoms with Gasteiger partial charge in [-0.2, -0.15) is 0 Å². The maximum absolute atomic E-state index is 13.2. The second-order valence-electron chi connectivity index (χ2n) is 7.21. The van der Waals surface area contributed by atoms with Crippen molar-refractivity contribution in [2.24, 2.45) is 7.05 Å². The Balaban J connectivity index is 1.69. The number of benzene rings is 1. The van der Waals surface area contributed by atoms with Gasteiger partial charge in [0.25, 0.3) is 11.5 Å². The molecule has 9 nitrogen and oxygen atoms in total. The standard InChI is InChI=1S/C23H21N5O4/c1-27-20-13-25-19(21(29)26-12-15-6-8-24-9-7-15)11-18(20)22(30)28(23(27)31)14-16-4-3-5-17(10-16)32-2/h3-11,13H,12,14H2,1-2H3,(H,26,29). The van der Waals surface area contributed by atoms with Gasteiger partial charge in [-0.3, -0.25) is 23.7 Å². The van der Waals surface area contributed by atoms with Crippen LogP contribution in [0, 0.1) is 0 Å². The fourth-order valence-corrected chi connectivity index (χ4v) is 3.39. The Morgan fingerprint density at radius 1 is 1.09 bits per heavy atom. The summed E-state index contributed by atoms with van der Waals surface area (Å²) in [7, 11) is 3.12. The third kappa shape index (κ3) is 4.13. The van der Waals surface area contributed by atoms with E-state index in [0.717, 1.165) is 15.7 Å². The van der Waals surface area contributed by atoms with Gasteiger partial charge in [0.2, 0.25) is 0 Å². The van der Waals surface area contributed by atoms with Gasteiger partial charge in [-0.15, -0.1) is 0 Å². The van der Waals surface area contributed by atoms with E-state index in [9.17, 15) is 14.4 Å². The SMILES string of the molecule is COc1cccc(Cn2c(=O)c3cc(C(=O)NCc4ccncc4)ncc3n(C)c2=O)c1. The Hall–Kier alpha value is -4.27. The number of aromatic nitrogens is 4. The van der Waals surface area contributed by atoms with Crippen LogP contribution in [0.3, 0.4) is 0 Å². The molecule has 1 N–H and O–H groups in total. The third-order valence-corrected chi connectivity index (χ3v) is 5.15. The van der Waals surface area contributed by atoms with E-state index in [-0.39, 0.29) is 17.6 Å². The molecule has 0 aliphatic carbocycles. The molecule has 0 saturated heterocycles. The first-order valence-corrected chi connectivity index (χ1v) is 9.87. The first-order chi connectivity index (χ1) is 15.5. The molecule has 0 bridgehead atoms. The minimum Gasteiger partial charge on any atom is -0.497 e. The summed E-state index contributed by atoms with van der Waals surface area (Å²) in [4.78, 5) is 46.7. The van der Waals surface area contributed by atoms with Crippen molar-refractivity contribution < 1.29 is 9.53 Å².